The Balaban J connectivity index is 1.70. The number of carbonyl (C=O) groups is 1. The molecule has 0 spiro atoms. The highest BCUT2D eigenvalue weighted by atomic mass is 19.4. The first-order chi connectivity index (χ1) is 15.3. The summed E-state index contributed by atoms with van der Waals surface area (Å²) < 4.78 is 45.7. The van der Waals surface area contributed by atoms with Gasteiger partial charge >= 0.3 is 6.18 Å². The van der Waals surface area contributed by atoms with Gasteiger partial charge in [0.15, 0.2) is 5.82 Å². The van der Waals surface area contributed by atoms with Crippen molar-refractivity contribution in [1.29, 1.82) is 5.26 Å². The molecule has 0 unspecified atom stereocenters. The van der Waals surface area contributed by atoms with Gasteiger partial charge in [-0.3, -0.25) is 14.5 Å². The Bertz CT molecular complexity index is 1160. The first-order valence-electron chi connectivity index (χ1n) is 9.91. The summed E-state index contributed by atoms with van der Waals surface area (Å²) in [5, 5.41) is 16.3. The standard InChI is InChI=1S/C21H19F3N6O2/c22-21(23,24)13-30-18-10-17(20(31)29-6-1-8-32-9-7-29)26-12-16(18)19(28-30)27-15-4-2-14(11-25)3-5-15/h2-5,10,12H,1,6-9,13H2,(H,27,28). The summed E-state index contributed by atoms with van der Waals surface area (Å²) in [6.07, 6.45) is -2.47. The molecule has 0 aliphatic carbocycles. The summed E-state index contributed by atoms with van der Waals surface area (Å²) >= 11 is 0. The van der Waals surface area contributed by atoms with Gasteiger partial charge in [0, 0.05) is 31.6 Å². The lowest BCUT2D eigenvalue weighted by molar-refractivity contribution is -0.141. The SMILES string of the molecule is N#Cc1ccc(Nc2nn(CC(F)(F)F)c3cc(C(=O)N4CCCOCC4)ncc23)cc1. The lowest BCUT2D eigenvalue weighted by Crippen LogP contribution is -2.33. The Labute approximate surface area is 181 Å². The van der Waals surface area contributed by atoms with Gasteiger partial charge in [0.05, 0.1) is 29.1 Å². The molecule has 32 heavy (non-hydrogen) atoms. The Hall–Kier alpha value is -3.65. The number of nitriles is 1. The van der Waals surface area contributed by atoms with Crippen molar-refractivity contribution in [2.45, 2.75) is 19.1 Å². The van der Waals surface area contributed by atoms with E-state index < -0.39 is 12.7 Å². The van der Waals surface area contributed by atoms with E-state index in [2.05, 4.69) is 15.4 Å². The molecule has 0 saturated carbocycles. The van der Waals surface area contributed by atoms with Crippen LogP contribution < -0.4 is 5.32 Å². The number of fused-ring (bicyclic) bond motifs is 1. The molecule has 2 aromatic heterocycles. The molecule has 3 aromatic rings. The number of pyridine rings is 1. The third-order valence-corrected chi connectivity index (χ3v) is 4.97. The van der Waals surface area contributed by atoms with Crippen LogP contribution in [0.1, 0.15) is 22.5 Å². The molecule has 1 aromatic carbocycles. The van der Waals surface area contributed by atoms with Crippen LogP contribution in [0.3, 0.4) is 0 Å². The number of carbonyl (C=O) groups excluding carboxylic acids is 1. The number of hydrogen-bond acceptors (Lipinski definition) is 6. The van der Waals surface area contributed by atoms with Crippen molar-refractivity contribution in [3.63, 3.8) is 0 Å². The highest BCUT2D eigenvalue weighted by molar-refractivity contribution is 5.98. The van der Waals surface area contributed by atoms with Gasteiger partial charge in [0.1, 0.15) is 12.2 Å². The van der Waals surface area contributed by atoms with Crippen LogP contribution in [0.2, 0.25) is 0 Å². The minimum atomic E-state index is -4.50. The Morgan fingerprint density at radius 2 is 2.00 bits per heavy atom. The first-order valence-corrected chi connectivity index (χ1v) is 9.91. The monoisotopic (exact) mass is 444 g/mol. The van der Waals surface area contributed by atoms with Crippen LogP contribution in [-0.2, 0) is 11.3 Å². The van der Waals surface area contributed by atoms with Crippen molar-refractivity contribution >= 4 is 28.3 Å². The fraction of sp³-hybridized carbons (Fsp3) is 0.333. The number of benzene rings is 1. The summed E-state index contributed by atoms with van der Waals surface area (Å²) in [6.45, 7) is 0.531. The van der Waals surface area contributed by atoms with Crippen LogP contribution in [0.25, 0.3) is 10.9 Å². The molecule has 1 fully saturated rings. The number of halogens is 3. The second kappa shape index (κ2) is 8.84. The maximum atomic E-state index is 13.2. The third kappa shape index (κ3) is 4.81. The van der Waals surface area contributed by atoms with E-state index in [9.17, 15) is 18.0 Å². The number of hydrogen-bond donors (Lipinski definition) is 1. The number of nitrogens with zero attached hydrogens (tertiary/aromatic N) is 5. The lowest BCUT2D eigenvalue weighted by atomic mass is 10.2. The van der Waals surface area contributed by atoms with Crippen molar-refractivity contribution in [1.82, 2.24) is 19.7 Å². The summed E-state index contributed by atoms with van der Waals surface area (Å²) in [5.74, 6) is -0.192. The quantitative estimate of drug-likeness (QED) is 0.662. The summed E-state index contributed by atoms with van der Waals surface area (Å²) in [5.41, 5.74) is 1.19. The second-order valence-electron chi connectivity index (χ2n) is 7.28. The summed E-state index contributed by atoms with van der Waals surface area (Å²) in [7, 11) is 0. The van der Waals surface area contributed by atoms with Crippen molar-refractivity contribution in [2.75, 3.05) is 31.6 Å². The number of nitrogens with one attached hydrogen (secondary N) is 1. The largest absolute Gasteiger partial charge is 0.408 e. The number of alkyl halides is 3. The highest BCUT2D eigenvalue weighted by Crippen LogP contribution is 2.29. The van der Waals surface area contributed by atoms with E-state index >= 15 is 0 Å². The predicted octanol–water partition coefficient (Wildman–Crippen LogP) is 3.47. The molecule has 1 aliphatic heterocycles. The van der Waals surface area contributed by atoms with Gasteiger partial charge in [-0.2, -0.15) is 23.5 Å². The van der Waals surface area contributed by atoms with Gasteiger partial charge in [-0.15, -0.1) is 0 Å². The molecular formula is C21H19F3N6O2. The molecular weight excluding hydrogens is 425 g/mol. The molecule has 166 valence electrons. The number of amides is 1. The average Bonchev–Trinajstić information content (AvgIpc) is 2.94. The smallest absolute Gasteiger partial charge is 0.380 e. The zero-order valence-electron chi connectivity index (χ0n) is 16.9. The molecule has 1 amide bonds. The van der Waals surface area contributed by atoms with Crippen LogP contribution in [0, 0.1) is 11.3 Å². The molecule has 1 saturated heterocycles. The van der Waals surface area contributed by atoms with E-state index in [4.69, 9.17) is 10.00 Å². The molecule has 11 heteroatoms. The average molecular weight is 444 g/mol. The van der Waals surface area contributed by atoms with E-state index in [0.717, 1.165) is 4.68 Å². The Morgan fingerprint density at radius 3 is 2.72 bits per heavy atom. The van der Waals surface area contributed by atoms with Gasteiger partial charge in [0.25, 0.3) is 5.91 Å². The minimum absolute atomic E-state index is 0.0487. The maximum Gasteiger partial charge on any atom is 0.408 e. The van der Waals surface area contributed by atoms with Crippen LogP contribution in [-0.4, -0.2) is 58.1 Å². The van der Waals surface area contributed by atoms with Gasteiger partial charge < -0.3 is 15.0 Å². The molecule has 0 radical (unpaired) electrons. The van der Waals surface area contributed by atoms with E-state index in [-0.39, 0.29) is 22.9 Å². The predicted molar refractivity (Wildman–Crippen MR) is 109 cm³/mol. The highest BCUT2D eigenvalue weighted by Gasteiger charge is 2.30. The van der Waals surface area contributed by atoms with Gasteiger partial charge in [-0.1, -0.05) is 0 Å². The second-order valence-corrected chi connectivity index (χ2v) is 7.28. The number of ether oxygens (including phenoxy) is 1. The number of rotatable bonds is 4. The Kier molecular flexibility index (Phi) is 5.96. The van der Waals surface area contributed by atoms with E-state index in [1.807, 2.05) is 6.07 Å². The molecule has 4 rings (SSSR count). The van der Waals surface area contributed by atoms with Crippen molar-refractivity contribution in [2.24, 2.45) is 0 Å². The molecule has 0 bridgehead atoms. The molecule has 1 N–H and O–H groups in total. The van der Waals surface area contributed by atoms with Gasteiger partial charge in [-0.25, -0.2) is 0 Å². The molecule has 1 aliphatic rings. The minimum Gasteiger partial charge on any atom is -0.380 e. The molecule has 8 nitrogen and oxygen atoms in total. The van der Waals surface area contributed by atoms with Crippen LogP contribution in [0.15, 0.2) is 36.5 Å². The fourth-order valence-electron chi connectivity index (χ4n) is 3.44. The third-order valence-electron chi connectivity index (χ3n) is 4.97. The van der Waals surface area contributed by atoms with Crippen molar-refractivity contribution in [3.05, 3.63) is 47.8 Å². The summed E-state index contributed by atoms with van der Waals surface area (Å²) in [6, 6.07) is 9.75. The van der Waals surface area contributed by atoms with Crippen LogP contribution in [0.4, 0.5) is 24.7 Å². The maximum absolute atomic E-state index is 13.2. The van der Waals surface area contributed by atoms with Gasteiger partial charge in [0.2, 0.25) is 0 Å². The topological polar surface area (TPSA) is 96.1 Å². The fourth-order valence-corrected chi connectivity index (χ4v) is 3.44. The van der Waals surface area contributed by atoms with Crippen LogP contribution in [0.5, 0.6) is 0 Å². The number of aromatic nitrogens is 3. The van der Waals surface area contributed by atoms with E-state index in [1.165, 1.54) is 12.3 Å². The van der Waals surface area contributed by atoms with Crippen molar-refractivity contribution in [3.8, 4) is 6.07 Å². The van der Waals surface area contributed by atoms with Crippen molar-refractivity contribution < 1.29 is 22.7 Å². The zero-order chi connectivity index (χ0) is 22.7. The Morgan fingerprint density at radius 1 is 1.22 bits per heavy atom. The van der Waals surface area contributed by atoms with E-state index in [1.54, 1.807) is 29.2 Å². The zero-order valence-corrected chi connectivity index (χ0v) is 16.9. The van der Waals surface area contributed by atoms with Crippen LogP contribution >= 0.6 is 0 Å². The molecule has 0 atom stereocenters. The summed E-state index contributed by atoms with van der Waals surface area (Å²) in [4.78, 5) is 18.7. The lowest BCUT2D eigenvalue weighted by Gasteiger charge is -2.19. The molecule has 3 heterocycles. The number of anilines is 2. The van der Waals surface area contributed by atoms with E-state index in [0.29, 0.717) is 49.4 Å². The normalized spacial score (nSPS) is 14.8. The van der Waals surface area contributed by atoms with Gasteiger partial charge in [-0.05, 0) is 36.8 Å². The first kappa shape index (κ1) is 21.6.